The number of anilines is 1. The second-order valence-electron chi connectivity index (χ2n) is 5.38. The molecule has 1 fully saturated rings. The smallest absolute Gasteiger partial charge is 0.177 e. The SMILES string of the molecule is CN1CCCCC1COc1cccc(S(C)(=O)=O)c1N. The molecule has 2 rings (SSSR count). The monoisotopic (exact) mass is 298 g/mol. The van der Waals surface area contributed by atoms with E-state index in [1.807, 2.05) is 0 Å². The average Bonchev–Trinajstić information content (AvgIpc) is 2.38. The molecule has 0 aromatic heterocycles. The van der Waals surface area contributed by atoms with Crippen molar-refractivity contribution in [1.29, 1.82) is 0 Å². The fourth-order valence-corrected chi connectivity index (χ4v) is 3.34. The fraction of sp³-hybridized carbons (Fsp3) is 0.571. The molecule has 6 heteroatoms. The van der Waals surface area contributed by atoms with Crippen molar-refractivity contribution in [2.24, 2.45) is 0 Å². The van der Waals surface area contributed by atoms with E-state index < -0.39 is 9.84 Å². The van der Waals surface area contributed by atoms with Gasteiger partial charge >= 0.3 is 0 Å². The highest BCUT2D eigenvalue weighted by Gasteiger charge is 2.21. The Labute approximate surface area is 120 Å². The molecule has 5 nitrogen and oxygen atoms in total. The highest BCUT2D eigenvalue weighted by atomic mass is 32.2. The van der Waals surface area contributed by atoms with Crippen molar-refractivity contribution < 1.29 is 13.2 Å². The first-order valence-corrected chi connectivity index (χ1v) is 8.70. The summed E-state index contributed by atoms with van der Waals surface area (Å²) in [5, 5.41) is 0. The minimum Gasteiger partial charge on any atom is -0.490 e. The minimum absolute atomic E-state index is 0.131. The molecule has 0 radical (unpaired) electrons. The molecule has 1 atom stereocenters. The second kappa shape index (κ2) is 6.01. The van der Waals surface area contributed by atoms with Gasteiger partial charge in [-0.05, 0) is 38.6 Å². The zero-order valence-electron chi connectivity index (χ0n) is 12.0. The summed E-state index contributed by atoms with van der Waals surface area (Å²) in [4.78, 5) is 2.41. The van der Waals surface area contributed by atoms with Crippen LogP contribution in [0.1, 0.15) is 19.3 Å². The van der Waals surface area contributed by atoms with Crippen LogP contribution in [0, 0.1) is 0 Å². The van der Waals surface area contributed by atoms with E-state index >= 15 is 0 Å². The quantitative estimate of drug-likeness (QED) is 0.854. The number of nitrogens with zero attached hydrogens (tertiary/aromatic N) is 1. The number of para-hydroxylation sites is 1. The largest absolute Gasteiger partial charge is 0.490 e. The van der Waals surface area contributed by atoms with Crippen LogP contribution < -0.4 is 10.5 Å². The zero-order chi connectivity index (χ0) is 14.8. The number of sulfone groups is 1. The number of hydrogen-bond acceptors (Lipinski definition) is 5. The van der Waals surface area contributed by atoms with Crippen LogP contribution in [0.5, 0.6) is 5.75 Å². The van der Waals surface area contributed by atoms with Gasteiger partial charge in [0.2, 0.25) is 0 Å². The summed E-state index contributed by atoms with van der Waals surface area (Å²) in [5.41, 5.74) is 6.10. The Kier molecular flexibility index (Phi) is 4.55. The van der Waals surface area contributed by atoms with Crippen LogP contribution in [0.15, 0.2) is 23.1 Å². The number of nitrogen functional groups attached to an aromatic ring is 1. The molecule has 2 N–H and O–H groups in total. The van der Waals surface area contributed by atoms with E-state index in [-0.39, 0.29) is 10.6 Å². The Balaban J connectivity index is 2.10. The number of rotatable bonds is 4. The van der Waals surface area contributed by atoms with Gasteiger partial charge in [0.15, 0.2) is 9.84 Å². The van der Waals surface area contributed by atoms with Crippen molar-refractivity contribution in [3.8, 4) is 5.75 Å². The lowest BCUT2D eigenvalue weighted by atomic mass is 10.0. The van der Waals surface area contributed by atoms with Crippen molar-refractivity contribution in [1.82, 2.24) is 4.90 Å². The van der Waals surface area contributed by atoms with Crippen LogP contribution >= 0.6 is 0 Å². The Morgan fingerprint density at radius 2 is 2.15 bits per heavy atom. The summed E-state index contributed by atoms with van der Waals surface area (Å²) in [7, 11) is -1.24. The molecule has 112 valence electrons. The van der Waals surface area contributed by atoms with Crippen molar-refractivity contribution in [3.05, 3.63) is 18.2 Å². The van der Waals surface area contributed by atoms with E-state index in [0.717, 1.165) is 19.2 Å². The predicted octanol–water partition coefficient (Wildman–Crippen LogP) is 1.54. The Hall–Kier alpha value is -1.27. The van der Waals surface area contributed by atoms with Crippen LogP contribution in [0.4, 0.5) is 5.69 Å². The Morgan fingerprint density at radius 1 is 1.40 bits per heavy atom. The summed E-state index contributed by atoms with van der Waals surface area (Å²) in [6.07, 6.45) is 4.68. The Morgan fingerprint density at radius 3 is 2.80 bits per heavy atom. The number of nitrogens with two attached hydrogens (primary N) is 1. The summed E-state index contributed by atoms with van der Waals surface area (Å²) in [5.74, 6) is 0.451. The predicted molar refractivity (Wildman–Crippen MR) is 79.7 cm³/mol. The van der Waals surface area contributed by atoms with Gasteiger partial charge in [-0.3, -0.25) is 0 Å². The van der Waals surface area contributed by atoms with Crippen molar-refractivity contribution in [2.75, 3.05) is 32.2 Å². The lowest BCUT2D eigenvalue weighted by Gasteiger charge is -2.32. The number of likely N-dealkylation sites (N-methyl/N-ethyl adjacent to an activating group) is 1. The zero-order valence-corrected chi connectivity index (χ0v) is 12.8. The van der Waals surface area contributed by atoms with Gasteiger partial charge in [-0.1, -0.05) is 12.5 Å². The molecule has 0 aliphatic carbocycles. The Bertz CT molecular complexity index is 572. The molecule has 1 aliphatic heterocycles. The first kappa shape index (κ1) is 15.1. The minimum atomic E-state index is -3.33. The lowest BCUT2D eigenvalue weighted by Crippen LogP contribution is -2.40. The standard InChI is InChI=1S/C14H22N2O3S/c1-16-9-4-3-6-11(16)10-19-12-7-5-8-13(14(12)15)20(2,17)18/h5,7-8,11H,3-4,6,9-10,15H2,1-2H3. The maximum absolute atomic E-state index is 11.6. The van der Waals surface area contributed by atoms with E-state index in [2.05, 4.69) is 11.9 Å². The van der Waals surface area contributed by atoms with Crippen molar-refractivity contribution in [2.45, 2.75) is 30.2 Å². The van der Waals surface area contributed by atoms with E-state index in [1.54, 1.807) is 12.1 Å². The first-order valence-electron chi connectivity index (χ1n) is 6.81. The first-order chi connectivity index (χ1) is 9.39. The van der Waals surface area contributed by atoms with Gasteiger partial charge in [-0.15, -0.1) is 0 Å². The van der Waals surface area contributed by atoms with Gasteiger partial charge in [0.05, 0.1) is 10.6 Å². The van der Waals surface area contributed by atoms with Gasteiger partial charge in [-0.25, -0.2) is 8.42 Å². The van der Waals surface area contributed by atoms with Crippen LogP contribution in [0.2, 0.25) is 0 Å². The van der Waals surface area contributed by atoms with Crippen LogP contribution in [0.3, 0.4) is 0 Å². The number of hydrogen-bond donors (Lipinski definition) is 1. The molecule has 1 heterocycles. The third kappa shape index (κ3) is 3.43. The highest BCUT2D eigenvalue weighted by molar-refractivity contribution is 7.90. The molecule has 1 unspecified atom stereocenters. The molecular weight excluding hydrogens is 276 g/mol. The highest BCUT2D eigenvalue weighted by Crippen LogP contribution is 2.29. The third-order valence-electron chi connectivity index (χ3n) is 3.78. The number of benzene rings is 1. The number of piperidine rings is 1. The summed E-state index contributed by atoms with van der Waals surface area (Å²) >= 11 is 0. The third-order valence-corrected chi connectivity index (χ3v) is 4.93. The van der Waals surface area contributed by atoms with Crippen molar-refractivity contribution >= 4 is 15.5 Å². The molecule has 1 aliphatic rings. The van der Waals surface area contributed by atoms with Gasteiger partial charge in [-0.2, -0.15) is 0 Å². The molecule has 0 spiro atoms. The molecule has 1 aromatic rings. The lowest BCUT2D eigenvalue weighted by molar-refractivity contribution is 0.125. The van der Waals surface area contributed by atoms with Crippen LogP contribution in [-0.4, -0.2) is 45.8 Å². The van der Waals surface area contributed by atoms with E-state index in [0.29, 0.717) is 18.4 Å². The molecular formula is C14H22N2O3S. The van der Waals surface area contributed by atoms with E-state index in [1.165, 1.54) is 18.9 Å². The molecule has 1 saturated heterocycles. The second-order valence-corrected chi connectivity index (χ2v) is 7.37. The summed E-state index contributed by atoms with van der Waals surface area (Å²) < 4.78 is 29.0. The van der Waals surface area contributed by atoms with E-state index in [4.69, 9.17) is 10.5 Å². The summed E-state index contributed by atoms with van der Waals surface area (Å²) in [6, 6.07) is 5.24. The molecule has 1 aromatic carbocycles. The summed E-state index contributed by atoms with van der Waals surface area (Å²) in [6.45, 7) is 1.61. The van der Waals surface area contributed by atoms with Gasteiger partial charge in [0, 0.05) is 12.3 Å². The van der Waals surface area contributed by atoms with Gasteiger partial charge in [0.1, 0.15) is 12.4 Å². The number of likely N-dealkylation sites (tertiary alicyclic amines) is 1. The topological polar surface area (TPSA) is 72.6 Å². The fourth-order valence-electron chi connectivity index (χ4n) is 2.51. The van der Waals surface area contributed by atoms with Crippen molar-refractivity contribution in [3.63, 3.8) is 0 Å². The maximum Gasteiger partial charge on any atom is 0.177 e. The van der Waals surface area contributed by atoms with Gasteiger partial charge in [0.25, 0.3) is 0 Å². The number of ether oxygens (including phenoxy) is 1. The van der Waals surface area contributed by atoms with Crippen LogP contribution in [0.25, 0.3) is 0 Å². The molecule has 0 amide bonds. The maximum atomic E-state index is 11.6. The van der Waals surface area contributed by atoms with Crippen LogP contribution in [-0.2, 0) is 9.84 Å². The normalized spacial score (nSPS) is 20.8. The van der Waals surface area contributed by atoms with Gasteiger partial charge < -0.3 is 15.4 Å². The molecule has 0 bridgehead atoms. The molecule has 20 heavy (non-hydrogen) atoms. The van der Waals surface area contributed by atoms with E-state index in [9.17, 15) is 8.42 Å². The average molecular weight is 298 g/mol. The molecule has 0 saturated carbocycles.